The summed E-state index contributed by atoms with van der Waals surface area (Å²) in [4.78, 5) is 38.2. The van der Waals surface area contributed by atoms with Crippen LogP contribution >= 0.6 is 23.2 Å². The number of ether oxygens (including phenoxy) is 1. The summed E-state index contributed by atoms with van der Waals surface area (Å²) < 4.78 is 5.03. The molecule has 2 aromatic rings. The van der Waals surface area contributed by atoms with Gasteiger partial charge in [0.1, 0.15) is 0 Å². The number of nitro benzene ring substituents is 1. The van der Waals surface area contributed by atoms with Crippen molar-refractivity contribution in [2.45, 2.75) is 0 Å². The smallest absolute Gasteiger partial charge is 0.331 e. The van der Waals surface area contributed by atoms with Crippen LogP contribution in [0.5, 0.6) is 0 Å². The van der Waals surface area contributed by atoms with E-state index < -0.39 is 10.9 Å². The van der Waals surface area contributed by atoms with E-state index in [0.717, 1.165) is 5.69 Å². The van der Waals surface area contributed by atoms with Crippen molar-refractivity contribution >= 4 is 52.5 Å². The molecule has 1 aliphatic heterocycles. The van der Waals surface area contributed by atoms with Gasteiger partial charge < -0.3 is 14.5 Å². The molecule has 1 amide bonds. The highest BCUT2D eigenvalue weighted by atomic mass is 35.5. The summed E-state index contributed by atoms with van der Waals surface area (Å²) in [5, 5.41) is 11.6. The molecule has 1 fully saturated rings. The number of halogens is 2. The predicted octanol–water partition coefficient (Wildman–Crippen LogP) is 3.81. The molecule has 0 aromatic heterocycles. The average Bonchev–Trinajstić information content (AvgIpc) is 2.77. The minimum absolute atomic E-state index is 0.0340. The first-order valence-corrected chi connectivity index (χ1v) is 10.2. The molecule has 162 valence electrons. The maximum Gasteiger partial charge on any atom is 0.331 e. The third-order valence-corrected chi connectivity index (χ3v) is 5.32. The van der Waals surface area contributed by atoms with Gasteiger partial charge >= 0.3 is 5.97 Å². The minimum atomic E-state index is -0.649. The second-order valence-corrected chi connectivity index (χ2v) is 7.59. The van der Waals surface area contributed by atoms with E-state index in [4.69, 9.17) is 27.9 Å². The van der Waals surface area contributed by atoms with Crippen LogP contribution in [0.1, 0.15) is 5.56 Å². The third kappa shape index (κ3) is 6.19. The number of nitrogens with zero attached hydrogens (tertiary/aromatic N) is 3. The van der Waals surface area contributed by atoms with Crippen molar-refractivity contribution in [2.75, 3.05) is 37.7 Å². The molecule has 1 saturated heterocycles. The summed E-state index contributed by atoms with van der Waals surface area (Å²) >= 11 is 11.9. The molecular formula is C21H19Cl2N3O5. The maximum absolute atomic E-state index is 12.3. The van der Waals surface area contributed by atoms with Gasteiger partial charge in [0.05, 0.1) is 4.92 Å². The SMILES string of the molecule is O=C(/C=C/c1ccc(Cl)cc1Cl)OCC(=O)N1CCN(c2ccc([N+](=O)[O-])cc2)CC1. The Morgan fingerprint density at radius 1 is 1.06 bits per heavy atom. The second-order valence-electron chi connectivity index (χ2n) is 6.75. The fourth-order valence-corrected chi connectivity index (χ4v) is 3.54. The molecule has 8 nitrogen and oxygen atoms in total. The normalized spacial score (nSPS) is 14.0. The van der Waals surface area contributed by atoms with Gasteiger partial charge in [-0.1, -0.05) is 29.3 Å². The molecule has 0 atom stereocenters. The van der Waals surface area contributed by atoms with Gasteiger partial charge in [0.2, 0.25) is 0 Å². The number of rotatable bonds is 6. The van der Waals surface area contributed by atoms with Crippen LogP contribution in [-0.4, -0.2) is 54.5 Å². The molecule has 1 heterocycles. The fourth-order valence-electron chi connectivity index (χ4n) is 3.07. The molecule has 0 radical (unpaired) electrons. The van der Waals surface area contributed by atoms with E-state index in [9.17, 15) is 19.7 Å². The fraction of sp³-hybridized carbons (Fsp3) is 0.238. The lowest BCUT2D eigenvalue weighted by Crippen LogP contribution is -2.49. The van der Waals surface area contributed by atoms with Crippen molar-refractivity contribution in [3.8, 4) is 0 Å². The summed E-state index contributed by atoms with van der Waals surface area (Å²) in [6.07, 6.45) is 2.70. The molecule has 31 heavy (non-hydrogen) atoms. The Bertz CT molecular complexity index is 1000. The number of non-ortho nitro benzene ring substituents is 1. The molecule has 0 N–H and O–H groups in total. The van der Waals surface area contributed by atoms with Gasteiger partial charge in [0.15, 0.2) is 6.61 Å². The van der Waals surface area contributed by atoms with Crippen molar-refractivity contribution in [1.82, 2.24) is 4.90 Å². The van der Waals surface area contributed by atoms with Crippen LogP contribution in [0.3, 0.4) is 0 Å². The third-order valence-electron chi connectivity index (χ3n) is 4.76. The summed E-state index contributed by atoms with van der Waals surface area (Å²) in [5.74, 6) is -0.932. The van der Waals surface area contributed by atoms with Gasteiger partial charge in [-0.15, -0.1) is 0 Å². The molecule has 10 heteroatoms. The topological polar surface area (TPSA) is 93.0 Å². The lowest BCUT2D eigenvalue weighted by Gasteiger charge is -2.36. The molecule has 0 saturated carbocycles. The zero-order chi connectivity index (χ0) is 22.4. The zero-order valence-electron chi connectivity index (χ0n) is 16.4. The van der Waals surface area contributed by atoms with Gasteiger partial charge in [0.25, 0.3) is 11.6 Å². The van der Waals surface area contributed by atoms with Crippen LogP contribution < -0.4 is 4.90 Å². The van der Waals surface area contributed by atoms with Crippen molar-refractivity contribution < 1.29 is 19.2 Å². The highest BCUT2D eigenvalue weighted by Crippen LogP contribution is 2.22. The molecule has 0 unspecified atom stereocenters. The molecule has 0 aliphatic carbocycles. The van der Waals surface area contributed by atoms with Gasteiger partial charge in [-0.2, -0.15) is 0 Å². The second kappa shape index (κ2) is 10.3. The Labute approximate surface area is 188 Å². The van der Waals surface area contributed by atoms with Crippen molar-refractivity contribution in [3.05, 3.63) is 74.3 Å². The van der Waals surface area contributed by atoms with E-state index in [-0.39, 0.29) is 18.2 Å². The van der Waals surface area contributed by atoms with Crippen LogP contribution in [0.4, 0.5) is 11.4 Å². The lowest BCUT2D eigenvalue weighted by molar-refractivity contribution is -0.384. The number of amides is 1. The lowest BCUT2D eigenvalue weighted by atomic mass is 10.2. The minimum Gasteiger partial charge on any atom is -0.452 e. The van der Waals surface area contributed by atoms with Crippen LogP contribution in [0, 0.1) is 10.1 Å². The first-order chi connectivity index (χ1) is 14.8. The number of anilines is 1. The van der Waals surface area contributed by atoms with Gasteiger partial charge in [-0.05, 0) is 35.9 Å². The number of carbonyl (C=O) groups excluding carboxylic acids is 2. The summed E-state index contributed by atoms with van der Waals surface area (Å²) in [6.45, 7) is 1.72. The largest absolute Gasteiger partial charge is 0.452 e. The van der Waals surface area contributed by atoms with E-state index in [0.29, 0.717) is 41.8 Å². The van der Waals surface area contributed by atoms with Crippen LogP contribution in [0.2, 0.25) is 10.0 Å². The number of hydrogen-bond acceptors (Lipinski definition) is 6. The van der Waals surface area contributed by atoms with Crippen LogP contribution in [0.25, 0.3) is 6.08 Å². The number of hydrogen-bond donors (Lipinski definition) is 0. The quantitative estimate of drug-likeness (QED) is 0.280. The zero-order valence-corrected chi connectivity index (χ0v) is 17.9. The highest BCUT2D eigenvalue weighted by molar-refractivity contribution is 6.35. The van der Waals surface area contributed by atoms with E-state index in [2.05, 4.69) is 0 Å². The molecular weight excluding hydrogens is 445 g/mol. The Morgan fingerprint density at radius 3 is 2.35 bits per heavy atom. The van der Waals surface area contributed by atoms with Gasteiger partial charge in [-0.3, -0.25) is 14.9 Å². The van der Waals surface area contributed by atoms with Gasteiger partial charge in [0, 0.05) is 60.1 Å². The predicted molar refractivity (Wildman–Crippen MR) is 118 cm³/mol. The van der Waals surface area contributed by atoms with E-state index >= 15 is 0 Å². The number of benzene rings is 2. The van der Waals surface area contributed by atoms with Gasteiger partial charge in [-0.25, -0.2) is 4.79 Å². The highest BCUT2D eigenvalue weighted by Gasteiger charge is 2.22. The Balaban J connectivity index is 1.44. The molecule has 2 aromatic carbocycles. The molecule has 0 bridgehead atoms. The standard InChI is InChI=1S/C21H19Cl2N3O5/c22-16-3-1-15(19(23)13-16)2-8-21(28)31-14-20(27)25-11-9-24(10-12-25)17-4-6-18(7-5-17)26(29)30/h1-8,13H,9-12,14H2/b8-2+. The first kappa shape index (κ1) is 22.6. The van der Waals surface area contributed by atoms with E-state index in [1.54, 1.807) is 35.2 Å². The summed E-state index contributed by atoms with van der Waals surface area (Å²) in [5.41, 5.74) is 1.50. The van der Waals surface area contributed by atoms with Crippen molar-refractivity contribution in [3.63, 3.8) is 0 Å². The van der Waals surface area contributed by atoms with Crippen molar-refractivity contribution in [2.24, 2.45) is 0 Å². The average molecular weight is 464 g/mol. The maximum atomic E-state index is 12.3. The number of carbonyl (C=O) groups is 2. The van der Waals surface area contributed by atoms with E-state index in [1.807, 2.05) is 4.90 Å². The Hall–Kier alpha value is -3.10. The van der Waals surface area contributed by atoms with Crippen molar-refractivity contribution in [1.29, 1.82) is 0 Å². The first-order valence-electron chi connectivity index (χ1n) is 9.40. The number of esters is 1. The van der Waals surface area contributed by atoms with Crippen LogP contribution in [0.15, 0.2) is 48.5 Å². The Kier molecular flexibility index (Phi) is 7.49. The monoisotopic (exact) mass is 463 g/mol. The number of piperazine rings is 1. The summed E-state index contributed by atoms with van der Waals surface area (Å²) in [6, 6.07) is 11.2. The number of nitro groups is 1. The molecule has 1 aliphatic rings. The molecule has 0 spiro atoms. The van der Waals surface area contributed by atoms with E-state index in [1.165, 1.54) is 24.3 Å². The Morgan fingerprint density at radius 2 is 1.74 bits per heavy atom. The van der Waals surface area contributed by atoms with Crippen LogP contribution in [-0.2, 0) is 14.3 Å². The summed E-state index contributed by atoms with van der Waals surface area (Å²) in [7, 11) is 0. The molecule has 3 rings (SSSR count).